The Bertz CT molecular complexity index is 410. The monoisotopic (exact) mass is 238 g/mol. The van der Waals surface area contributed by atoms with Crippen molar-refractivity contribution in [2.75, 3.05) is 26.0 Å². The number of amides is 1. The van der Waals surface area contributed by atoms with E-state index in [0.29, 0.717) is 31.1 Å². The molecule has 0 aromatic carbocycles. The first-order valence-electron chi connectivity index (χ1n) is 5.81. The zero-order valence-corrected chi connectivity index (χ0v) is 10.2. The Hall–Kier alpha value is -1.56. The Morgan fingerprint density at radius 3 is 3.12 bits per heavy atom. The standard InChI is InChI=1S/C11H18N4O2/c1-3-15-10(9(12)6-13-15)11(16)14(2)8-4-5-17-7-8/h6,8H,3-5,7,12H2,1-2H3. The summed E-state index contributed by atoms with van der Waals surface area (Å²) in [6.07, 6.45) is 2.40. The van der Waals surface area contributed by atoms with Crippen LogP contribution in [0, 0.1) is 0 Å². The molecule has 2 heterocycles. The zero-order valence-electron chi connectivity index (χ0n) is 10.2. The molecule has 1 aromatic rings. The fourth-order valence-electron chi connectivity index (χ4n) is 2.03. The predicted octanol–water partition coefficient (Wildman–Crippen LogP) is 0.346. The van der Waals surface area contributed by atoms with E-state index in [2.05, 4.69) is 5.10 Å². The first-order valence-corrected chi connectivity index (χ1v) is 5.81. The highest BCUT2D eigenvalue weighted by Crippen LogP contribution is 2.17. The molecule has 1 atom stereocenters. The maximum Gasteiger partial charge on any atom is 0.274 e. The quantitative estimate of drug-likeness (QED) is 0.824. The number of aromatic nitrogens is 2. The van der Waals surface area contributed by atoms with Gasteiger partial charge in [-0.2, -0.15) is 5.10 Å². The van der Waals surface area contributed by atoms with Crippen molar-refractivity contribution in [3.05, 3.63) is 11.9 Å². The van der Waals surface area contributed by atoms with Crippen LogP contribution < -0.4 is 5.73 Å². The van der Waals surface area contributed by atoms with Crippen LogP contribution in [-0.4, -0.2) is 46.9 Å². The minimum absolute atomic E-state index is 0.0858. The van der Waals surface area contributed by atoms with Gasteiger partial charge in [-0.15, -0.1) is 0 Å². The lowest BCUT2D eigenvalue weighted by Gasteiger charge is -2.23. The number of nitrogens with two attached hydrogens (primary N) is 1. The molecule has 17 heavy (non-hydrogen) atoms. The molecule has 6 nitrogen and oxygen atoms in total. The summed E-state index contributed by atoms with van der Waals surface area (Å²) in [6, 6.07) is 0.141. The fraction of sp³-hybridized carbons (Fsp3) is 0.636. The van der Waals surface area contributed by atoms with Crippen LogP contribution in [0.15, 0.2) is 6.20 Å². The van der Waals surface area contributed by atoms with E-state index in [9.17, 15) is 4.79 Å². The van der Waals surface area contributed by atoms with Crippen molar-refractivity contribution in [3.63, 3.8) is 0 Å². The highest BCUT2D eigenvalue weighted by atomic mass is 16.5. The van der Waals surface area contributed by atoms with Crippen molar-refractivity contribution in [2.24, 2.45) is 0 Å². The number of carbonyl (C=O) groups is 1. The van der Waals surface area contributed by atoms with Crippen LogP contribution in [0.1, 0.15) is 23.8 Å². The van der Waals surface area contributed by atoms with E-state index in [1.807, 2.05) is 6.92 Å². The highest BCUT2D eigenvalue weighted by Gasteiger charge is 2.28. The van der Waals surface area contributed by atoms with E-state index in [4.69, 9.17) is 10.5 Å². The maximum absolute atomic E-state index is 12.3. The highest BCUT2D eigenvalue weighted by molar-refractivity contribution is 5.97. The third-order valence-electron chi connectivity index (χ3n) is 3.14. The molecule has 1 unspecified atom stereocenters. The Kier molecular flexibility index (Phi) is 3.33. The summed E-state index contributed by atoms with van der Waals surface area (Å²) in [6.45, 7) is 3.88. The van der Waals surface area contributed by atoms with Crippen LogP contribution >= 0.6 is 0 Å². The molecule has 0 bridgehead atoms. The Morgan fingerprint density at radius 1 is 1.76 bits per heavy atom. The average Bonchev–Trinajstić information content (AvgIpc) is 2.96. The molecule has 6 heteroatoms. The number of carbonyl (C=O) groups excluding carboxylic acids is 1. The van der Waals surface area contributed by atoms with Crippen molar-refractivity contribution >= 4 is 11.6 Å². The van der Waals surface area contributed by atoms with Crippen molar-refractivity contribution < 1.29 is 9.53 Å². The molecule has 1 saturated heterocycles. The maximum atomic E-state index is 12.3. The molecule has 0 aliphatic carbocycles. The Morgan fingerprint density at radius 2 is 2.53 bits per heavy atom. The SMILES string of the molecule is CCn1ncc(N)c1C(=O)N(C)C1CCOC1. The second-order valence-electron chi connectivity index (χ2n) is 4.20. The molecular weight excluding hydrogens is 220 g/mol. The molecule has 1 aliphatic rings. The van der Waals surface area contributed by atoms with Crippen molar-refractivity contribution in [2.45, 2.75) is 25.9 Å². The first kappa shape index (κ1) is 11.9. The number of anilines is 1. The van der Waals surface area contributed by atoms with Gasteiger partial charge < -0.3 is 15.4 Å². The van der Waals surface area contributed by atoms with E-state index >= 15 is 0 Å². The third-order valence-corrected chi connectivity index (χ3v) is 3.14. The van der Waals surface area contributed by atoms with E-state index in [-0.39, 0.29) is 11.9 Å². The molecule has 1 fully saturated rings. The molecular formula is C11H18N4O2. The van der Waals surface area contributed by atoms with Gasteiger partial charge in [0.15, 0.2) is 0 Å². The topological polar surface area (TPSA) is 73.4 Å². The fourth-order valence-corrected chi connectivity index (χ4v) is 2.03. The second kappa shape index (κ2) is 4.75. The van der Waals surface area contributed by atoms with Crippen LogP contribution in [0.4, 0.5) is 5.69 Å². The molecule has 0 radical (unpaired) electrons. The number of hydrogen-bond acceptors (Lipinski definition) is 4. The van der Waals surface area contributed by atoms with Gasteiger partial charge >= 0.3 is 0 Å². The number of hydrogen-bond donors (Lipinski definition) is 1. The molecule has 2 rings (SSSR count). The minimum Gasteiger partial charge on any atom is -0.396 e. The van der Waals surface area contributed by atoms with Crippen LogP contribution in [0.5, 0.6) is 0 Å². The molecule has 2 N–H and O–H groups in total. The van der Waals surface area contributed by atoms with E-state index in [1.54, 1.807) is 16.6 Å². The van der Waals surface area contributed by atoms with Gasteiger partial charge in [0.25, 0.3) is 5.91 Å². The van der Waals surface area contributed by atoms with E-state index < -0.39 is 0 Å². The molecule has 1 aliphatic heterocycles. The molecule has 0 spiro atoms. The summed E-state index contributed by atoms with van der Waals surface area (Å²) in [4.78, 5) is 14.0. The van der Waals surface area contributed by atoms with Gasteiger partial charge in [-0.3, -0.25) is 9.48 Å². The van der Waals surface area contributed by atoms with Crippen molar-refractivity contribution in [3.8, 4) is 0 Å². The number of ether oxygens (including phenoxy) is 1. The lowest BCUT2D eigenvalue weighted by Crippen LogP contribution is -2.38. The lowest BCUT2D eigenvalue weighted by atomic mass is 10.2. The summed E-state index contributed by atoms with van der Waals surface area (Å²) in [5.74, 6) is -0.0858. The van der Waals surface area contributed by atoms with Gasteiger partial charge in [0.1, 0.15) is 5.69 Å². The summed E-state index contributed by atoms with van der Waals surface area (Å²) < 4.78 is 6.91. The third kappa shape index (κ3) is 2.12. The van der Waals surface area contributed by atoms with Gasteiger partial charge in [0, 0.05) is 20.2 Å². The Balaban J connectivity index is 2.20. The number of likely N-dealkylation sites (N-methyl/N-ethyl adjacent to an activating group) is 1. The van der Waals surface area contributed by atoms with Gasteiger partial charge in [0.2, 0.25) is 0 Å². The minimum atomic E-state index is -0.0858. The van der Waals surface area contributed by atoms with E-state index in [0.717, 1.165) is 6.42 Å². The largest absolute Gasteiger partial charge is 0.396 e. The number of rotatable bonds is 3. The normalized spacial score (nSPS) is 19.5. The smallest absolute Gasteiger partial charge is 0.274 e. The summed E-state index contributed by atoms with van der Waals surface area (Å²) in [5.41, 5.74) is 6.70. The van der Waals surface area contributed by atoms with Gasteiger partial charge in [-0.05, 0) is 13.3 Å². The Labute approximate surface area is 100 Å². The van der Waals surface area contributed by atoms with Crippen LogP contribution in [0.3, 0.4) is 0 Å². The molecule has 1 aromatic heterocycles. The molecule has 1 amide bonds. The van der Waals surface area contributed by atoms with Gasteiger partial charge in [0.05, 0.1) is 24.5 Å². The number of nitrogen functional groups attached to an aromatic ring is 1. The average molecular weight is 238 g/mol. The van der Waals surface area contributed by atoms with Gasteiger partial charge in [-0.25, -0.2) is 0 Å². The predicted molar refractivity (Wildman–Crippen MR) is 63.6 cm³/mol. The summed E-state index contributed by atoms with van der Waals surface area (Å²) in [5, 5.41) is 4.08. The molecule has 0 saturated carbocycles. The number of nitrogens with zero attached hydrogens (tertiary/aromatic N) is 3. The first-order chi connectivity index (χ1) is 8.15. The van der Waals surface area contributed by atoms with Crippen molar-refractivity contribution in [1.82, 2.24) is 14.7 Å². The molecule has 94 valence electrons. The lowest BCUT2D eigenvalue weighted by molar-refractivity contribution is 0.0700. The second-order valence-corrected chi connectivity index (χ2v) is 4.20. The van der Waals surface area contributed by atoms with E-state index in [1.165, 1.54) is 6.20 Å². The number of aryl methyl sites for hydroxylation is 1. The van der Waals surface area contributed by atoms with Crippen molar-refractivity contribution in [1.29, 1.82) is 0 Å². The zero-order chi connectivity index (χ0) is 12.4. The summed E-state index contributed by atoms with van der Waals surface area (Å²) in [7, 11) is 1.79. The van der Waals surface area contributed by atoms with Gasteiger partial charge in [-0.1, -0.05) is 0 Å². The van der Waals surface area contributed by atoms with Crippen LogP contribution in [0.25, 0.3) is 0 Å². The van der Waals surface area contributed by atoms with Crippen LogP contribution in [0.2, 0.25) is 0 Å². The summed E-state index contributed by atoms with van der Waals surface area (Å²) >= 11 is 0. The van der Waals surface area contributed by atoms with Crippen LogP contribution in [-0.2, 0) is 11.3 Å².